The van der Waals surface area contributed by atoms with E-state index in [1.807, 2.05) is 25.1 Å². The van der Waals surface area contributed by atoms with E-state index >= 15 is 0 Å². The summed E-state index contributed by atoms with van der Waals surface area (Å²) in [5.74, 6) is -0.0835. The lowest BCUT2D eigenvalue weighted by atomic mass is 9.97. The lowest BCUT2D eigenvalue weighted by molar-refractivity contribution is -0.147. The molecule has 0 saturated carbocycles. The Morgan fingerprint density at radius 1 is 1.25 bits per heavy atom. The Balaban J connectivity index is 1.65. The molecule has 132 valence electrons. The summed E-state index contributed by atoms with van der Waals surface area (Å²) < 4.78 is 4.79. The number of likely N-dealkylation sites (tertiary alicyclic amines) is 1. The van der Waals surface area contributed by atoms with Gasteiger partial charge in [-0.05, 0) is 51.3 Å². The number of methoxy groups -OCH3 is 1. The smallest absolute Gasteiger partial charge is 0.308 e. The zero-order valence-electron chi connectivity index (χ0n) is 14.7. The summed E-state index contributed by atoms with van der Waals surface area (Å²) in [5, 5.41) is 3.07. The number of benzene rings is 1. The number of carbonyl (C=O) groups is 2. The molecule has 1 aliphatic rings. The zero-order valence-corrected chi connectivity index (χ0v) is 14.7. The molecule has 5 heteroatoms. The second-order valence-electron chi connectivity index (χ2n) is 6.57. The Morgan fingerprint density at radius 2 is 1.92 bits per heavy atom. The first-order valence-electron chi connectivity index (χ1n) is 8.72. The fourth-order valence-electron chi connectivity index (χ4n) is 3.12. The summed E-state index contributed by atoms with van der Waals surface area (Å²) in [5.41, 5.74) is 1.29. The van der Waals surface area contributed by atoms with Crippen molar-refractivity contribution in [1.82, 2.24) is 10.2 Å². The van der Waals surface area contributed by atoms with Crippen LogP contribution >= 0.6 is 0 Å². The topological polar surface area (TPSA) is 58.6 Å². The number of carbonyl (C=O) groups excluding carboxylic acids is 2. The Bertz CT molecular complexity index is 525. The van der Waals surface area contributed by atoms with E-state index in [4.69, 9.17) is 4.74 Å². The monoisotopic (exact) mass is 332 g/mol. The van der Waals surface area contributed by atoms with Crippen molar-refractivity contribution in [1.29, 1.82) is 0 Å². The fraction of sp³-hybridized carbons (Fsp3) is 0.579. The van der Waals surface area contributed by atoms with Crippen molar-refractivity contribution >= 4 is 11.9 Å². The number of nitrogens with one attached hydrogen (secondary N) is 1. The van der Waals surface area contributed by atoms with Gasteiger partial charge < -0.3 is 10.1 Å². The average Bonchev–Trinajstić information content (AvgIpc) is 2.60. The summed E-state index contributed by atoms with van der Waals surface area (Å²) in [7, 11) is 1.43. The molecule has 0 bridgehead atoms. The van der Waals surface area contributed by atoms with Crippen molar-refractivity contribution in [2.24, 2.45) is 5.92 Å². The number of rotatable bonds is 7. The van der Waals surface area contributed by atoms with Crippen molar-refractivity contribution in [3.05, 3.63) is 35.9 Å². The van der Waals surface area contributed by atoms with Crippen LogP contribution in [0.5, 0.6) is 0 Å². The molecule has 1 aromatic carbocycles. The Hall–Kier alpha value is -1.88. The Kier molecular flexibility index (Phi) is 7.25. The maximum atomic E-state index is 12.2. The van der Waals surface area contributed by atoms with Gasteiger partial charge in [0.25, 0.3) is 0 Å². The minimum absolute atomic E-state index is 0.0147. The van der Waals surface area contributed by atoms with Gasteiger partial charge in [-0.25, -0.2) is 0 Å². The summed E-state index contributed by atoms with van der Waals surface area (Å²) in [6.45, 7) is 3.99. The van der Waals surface area contributed by atoms with Crippen molar-refractivity contribution in [2.75, 3.05) is 26.7 Å². The van der Waals surface area contributed by atoms with Crippen LogP contribution in [-0.2, 0) is 20.7 Å². The third-order valence-corrected chi connectivity index (χ3v) is 4.61. The first kappa shape index (κ1) is 18.5. The Morgan fingerprint density at radius 3 is 2.54 bits per heavy atom. The molecule has 1 atom stereocenters. The van der Waals surface area contributed by atoms with Gasteiger partial charge in [0.05, 0.1) is 19.6 Å². The van der Waals surface area contributed by atoms with Crippen LogP contribution < -0.4 is 5.32 Å². The molecule has 1 saturated heterocycles. The van der Waals surface area contributed by atoms with Gasteiger partial charge in [-0.15, -0.1) is 0 Å². The molecule has 1 aromatic rings. The average molecular weight is 332 g/mol. The molecule has 1 aliphatic heterocycles. The lowest BCUT2D eigenvalue weighted by Gasteiger charge is -2.30. The molecule has 1 fully saturated rings. The minimum atomic E-state index is -0.131. The number of hydrogen-bond acceptors (Lipinski definition) is 4. The molecule has 2 rings (SSSR count). The van der Waals surface area contributed by atoms with Gasteiger partial charge in [0.15, 0.2) is 0 Å². The highest BCUT2D eigenvalue weighted by atomic mass is 16.5. The quantitative estimate of drug-likeness (QED) is 0.776. The van der Waals surface area contributed by atoms with E-state index in [9.17, 15) is 9.59 Å². The van der Waals surface area contributed by atoms with Gasteiger partial charge in [-0.3, -0.25) is 14.5 Å². The SMILES string of the molecule is COC(=O)C1CCN(CC(=O)N[C@H](C)CCc2ccccc2)CC1. The standard InChI is InChI=1S/C19H28N2O3/c1-15(8-9-16-6-4-3-5-7-16)20-18(22)14-21-12-10-17(11-13-21)19(23)24-2/h3-7,15,17H,8-14H2,1-2H3,(H,20,22)/t15-/m1/s1. The van der Waals surface area contributed by atoms with Gasteiger partial charge in [-0.1, -0.05) is 30.3 Å². The summed E-state index contributed by atoms with van der Waals surface area (Å²) >= 11 is 0. The van der Waals surface area contributed by atoms with E-state index in [1.54, 1.807) is 0 Å². The molecule has 0 radical (unpaired) electrons. The molecule has 0 aliphatic carbocycles. The fourth-order valence-corrected chi connectivity index (χ4v) is 3.12. The number of amides is 1. The lowest BCUT2D eigenvalue weighted by Crippen LogP contribution is -2.44. The van der Waals surface area contributed by atoms with Crippen molar-refractivity contribution in [3.8, 4) is 0 Å². The van der Waals surface area contributed by atoms with Crippen LogP contribution in [0.2, 0.25) is 0 Å². The van der Waals surface area contributed by atoms with Crippen molar-refractivity contribution in [2.45, 2.75) is 38.6 Å². The third kappa shape index (κ3) is 5.96. The van der Waals surface area contributed by atoms with Crippen molar-refractivity contribution in [3.63, 3.8) is 0 Å². The minimum Gasteiger partial charge on any atom is -0.469 e. The van der Waals surface area contributed by atoms with E-state index in [2.05, 4.69) is 22.3 Å². The molecule has 1 amide bonds. The third-order valence-electron chi connectivity index (χ3n) is 4.61. The van der Waals surface area contributed by atoms with Crippen LogP contribution in [0.3, 0.4) is 0 Å². The highest BCUT2D eigenvalue weighted by molar-refractivity contribution is 5.78. The molecule has 24 heavy (non-hydrogen) atoms. The van der Waals surface area contributed by atoms with Crippen LogP contribution in [0.4, 0.5) is 0 Å². The summed E-state index contributed by atoms with van der Waals surface area (Å²) in [4.78, 5) is 25.8. The van der Waals surface area contributed by atoms with Crippen LogP contribution in [0, 0.1) is 5.92 Å². The molecule has 0 unspecified atom stereocenters. The first-order valence-corrected chi connectivity index (χ1v) is 8.72. The maximum absolute atomic E-state index is 12.2. The normalized spacial score (nSPS) is 17.2. The van der Waals surface area contributed by atoms with E-state index in [-0.39, 0.29) is 23.8 Å². The zero-order chi connectivity index (χ0) is 17.4. The molecule has 1 heterocycles. The molecule has 0 spiro atoms. The number of hydrogen-bond donors (Lipinski definition) is 1. The largest absolute Gasteiger partial charge is 0.469 e. The van der Waals surface area contributed by atoms with Gasteiger partial charge in [0, 0.05) is 6.04 Å². The van der Waals surface area contributed by atoms with Gasteiger partial charge in [-0.2, -0.15) is 0 Å². The van der Waals surface area contributed by atoms with E-state index in [0.29, 0.717) is 6.54 Å². The second kappa shape index (κ2) is 9.42. The van der Waals surface area contributed by atoms with Crippen LogP contribution in [-0.4, -0.2) is 49.6 Å². The Labute approximate surface area is 144 Å². The van der Waals surface area contributed by atoms with Crippen LogP contribution in [0.25, 0.3) is 0 Å². The van der Waals surface area contributed by atoms with Crippen LogP contribution in [0.1, 0.15) is 31.7 Å². The molecular formula is C19H28N2O3. The van der Waals surface area contributed by atoms with Crippen LogP contribution in [0.15, 0.2) is 30.3 Å². The molecule has 5 nitrogen and oxygen atoms in total. The summed E-state index contributed by atoms with van der Waals surface area (Å²) in [6.07, 6.45) is 3.43. The number of ether oxygens (including phenoxy) is 1. The highest BCUT2D eigenvalue weighted by Crippen LogP contribution is 2.18. The van der Waals surface area contributed by atoms with Crippen molar-refractivity contribution < 1.29 is 14.3 Å². The molecule has 1 N–H and O–H groups in total. The summed E-state index contributed by atoms with van der Waals surface area (Å²) in [6, 6.07) is 10.5. The number of nitrogens with zero attached hydrogens (tertiary/aromatic N) is 1. The molecular weight excluding hydrogens is 304 g/mol. The van der Waals surface area contributed by atoms with E-state index in [0.717, 1.165) is 38.8 Å². The van der Waals surface area contributed by atoms with Gasteiger partial charge in [0.2, 0.25) is 5.91 Å². The number of piperidine rings is 1. The predicted molar refractivity (Wildman–Crippen MR) is 93.5 cm³/mol. The molecule has 0 aromatic heterocycles. The second-order valence-corrected chi connectivity index (χ2v) is 6.57. The van der Waals surface area contributed by atoms with Gasteiger partial charge in [0.1, 0.15) is 0 Å². The predicted octanol–water partition coefficient (Wildman–Crippen LogP) is 2.01. The van der Waals surface area contributed by atoms with Gasteiger partial charge >= 0.3 is 5.97 Å². The number of aryl methyl sites for hydroxylation is 1. The van der Waals surface area contributed by atoms with E-state index in [1.165, 1.54) is 12.7 Å². The maximum Gasteiger partial charge on any atom is 0.308 e. The number of esters is 1. The first-order chi connectivity index (χ1) is 11.6. The highest BCUT2D eigenvalue weighted by Gasteiger charge is 2.26. The van der Waals surface area contributed by atoms with E-state index < -0.39 is 0 Å².